The average molecular weight is 510 g/mol. The summed E-state index contributed by atoms with van der Waals surface area (Å²) in [6.07, 6.45) is 1.88. The quantitative estimate of drug-likeness (QED) is 0.335. The van der Waals surface area contributed by atoms with Crippen LogP contribution < -0.4 is 15.7 Å². The summed E-state index contributed by atoms with van der Waals surface area (Å²) in [4.78, 5) is 30.8. The lowest BCUT2D eigenvalue weighted by Gasteiger charge is -2.12. The zero-order valence-electron chi connectivity index (χ0n) is 19.1. The predicted molar refractivity (Wildman–Crippen MR) is 141 cm³/mol. The molecule has 34 heavy (non-hydrogen) atoms. The van der Waals surface area contributed by atoms with E-state index in [0.29, 0.717) is 37.3 Å². The van der Waals surface area contributed by atoms with E-state index in [-0.39, 0.29) is 11.1 Å². The van der Waals surface area contributed by atoms with E-state index in [2.05, 4.69) is 28.6 Å². The normalized spacial score (nSPS) is 12.4. The van der Waals surface area contributed by atoms with E-state index in [1.165, 1.54) is 15.7 Å². The third-order valence-corrected chi connectivity index (χ3v) is 7.90. The van der Waals surface area contributed by atoms with Crippen LogP contribution in [0, 0.1) is 27.7 Å². The van der Waals surface area contributed by atoms with Crippen molar-refractivity contribution < 1.29 is 0 Å². The van der Waals surface area contributed by atoms with Crippen LogP contribution in [0.2, 0.25) is 10.0 Å². The smallest absolute Gasteiger partial charge is 0.277 e. The van der Waals surface area contributed by atoms with Gasteiger partial charge < -0.3 is 4.57 Å². The van der Waals surface area contributed by atoms with E-state index in [0.717, 1.165) is 33.3 Å². The van der Waals surface area contributed by atoms with Crippen molar-refractivity contribution in [3.8, 4) is 0 Å². The molecule has 0 bridgehead atoms. The Balaban J connectivity index is 1.79. The van der Waals surface area contributed by atoms with Crippen molar-refractivity contribution >= 4 is 56.5 Å². The molecule has 0 aliphatic rings. The van der Waals surface area contributed by atoms with Crippen molar-refractivity contribution in [1.82, 2.24) is 14.0 Å². The van der Waals surface area contributed by atoms with E-state index in [4.69, 9.17) is 23.2 Å². The van der Waals surface area contributed by atoms with E-state index in [1.807, 2.05) is 31.2 Å². The molecule has 3 heterocycles. The molecule has 172 valence electrons. The molecule has 2 aromatic carbocycles. The van der Waals surface area contributed by atoms with Gasteiger partial charge in [-0.2, -0.15) is 0 Å². The highest BCUT2D eigenvalue weighted by atomic mass is 35.5. The molecule has 5 nitrogen and oxygen atoms in total. The molecule has 0 aliphatic heterocycles. The van der Waals surface area contributed by atoms with Gasteiger partial charge in [0.2, 0.25) is 4.96 Å². The fourth-order valence-corrected chi connectivity index (χ4v) is 5.81. The Morgan fingerprint density at radius 2 is 1.79 bits per heavy atom. The van der Waals surface area contributed by atoms with Gasteiger partial charge in [0.25, 0.3) is 11.1 Å². The van der Waals surface area contributed by atoms with E-state index in [1.54, 1.807) is 19.9 Å². The molecule has 0 saturated heterocycles. The second-order valence-corrected chi connectivity index (χ2v) is 10.3. The fourth-order valence-electron chi connectivity index (χ4n) is 4.35. The molecule has 0 aliphatic carbocycles. The molecule has 0 saturated carbocycles. The minimum Gasteiger partial charge on any atom is -0.340 e. The summed E-state index contributed by atoms with van der Waals surface area (Å²) in [6, 6.07) is 11.6. The van der Waals surface area contributed by atoms with Crippen molar-refractivity contribution in [3.05, 3.63) is 105 Å². The molecule has 8 heteroatoms. The number of nitrogens with zero attached hydrogens (tertiary/aromatic N) is 3. The lowest BCUT2D eigenvalue weighted by molar-refractivity contribution is 0.802. The number of halogens is 2. The average Bonchev–Trinajstić information content (AvgIpc) is 3.23. The number of aryl methyl sites for hydroxylation is 2. The van der Waals surface area contributed by atoms with Crippen LogP contribution in [-0.4, -0.2) is 14.0 Å². The minimum atomic E-state index is -0.339. The highest BCUT2D eigenvalue weighted by molar-refractivity contribution is 7.15. The SMILES string of the molecule is Cc1nc2s/c(=C\c3c(C)n(Cc4ccc(Cl)cc4Cl)c4c(C)cccc34)c(=O)n2c(=O)c1C. The van der Waals surface area contributed by atoms with Crippen molar-refractivity contribution in [2.45, 2.75) is 34.2 Å². The second kappa shape index (κ2) is 8.38. The van der Waals surface area contributed by atoms with Crippen LogP contribution in [0.5, 0.6) is 0 Å². The molecule has 3 aromatic heterocycles. The van der Waals surface area contributed by atoms with Crippen LogP contribution in [0.4, 0.5) is 0 Å². The number of para-hydroxylation sites is 1. The highest BCUT2D eigenvalue weighted by Gasteiger charge is 2.17. The van der Waals surface area contributed by atoms with Gasteiger partial charge in [-0.1, -0.05) is 58.8 Å². The largest absolute Gasteiger partial charge is 0.340 e. The van der Waals surface area contributed by atoms with Crippen molar-refractivity contribution in [3.63, 3.8) is 0 Å². The Labute approximate surface area is 209 Å². The van der Waals surface area contributed by atoms with Crippen LogP contribution in [0.25, 0.3) is 21.9 Å². The van der Waals surface area contributed by atoms with Gasteiger partial charge in [-0.3, -0.25) is 9.59 Å². The maximum Gasteiger partial charge on any atom is 0.277 e. The number of aromatic nitrogens is 3. The molecule has 0 unspecified atom stereocenters. The fraction of sp³-hybridized carbons (Fsp3) is 0.192. The molecular formula is C26H21Cl2N3O2S. The standard InChI is InChI=1S/C26H21Cl2N3O2S/c1-13-6-5-7-19-20(11-22-25(33)31-24(32)14(2)15(3)29-26(31)34-22)16(4)30(23(13)19)12-17-8-9-18(27)10-21(17)28/h5-11H,12H2,1-4H3/b22-11-. The lowest BCUT2D eigenvalue weighted by atomic mass is 10.1. The topological polar surface area (TPSA) is 56.4 Å². The Morgan fingerprint density at radius 1 is 1.03 bits per heavy atom. The highest BCUT2D eigenvalue weighted by Crippen LogP contribution is 2.31. The van der Waals surface area contributed by atoms with Gasteiger partial charge in [0.1, 0.15) is 0 Å². The molecule has 0 atom stereocenters. The van der Waals surface area contributed by atoms with Crippen LogP contribution in [0.3, 0.4) is 0 Å². The van der Waals surface area contributed by atoms with Crippen molar-refractivity contribution in [2.75, 3.05) is 0 Å². The van der Waals surface area contributed by atoms with Gasteiger partial charge in [-0.15, -0.1) is 0 Å². The van der Waals surface area contributed by atoms with Crippen LogP contribution >= 0.6 is 34.5 Å². The Morgan fingerprint density at radius 3 is 2.53 bits per heavy atom. The van der Waals surface area contributed by atoms with Gasteiger partial charge in [0.15, 0.2) is 0 Å². The van der Waals surface area contributed by atoms with Crippen molar-refractivity contribution in [2.24, 2.45) is 0 Å². The first-order valence-corrected chi connectivity index (χ1v) is 12.3. The minimum absolute atomic E-state index is 0.309. The first-order chi connectivity index (χ1) is 16.2. The molecule has 5 aromatic rings. The van der Waals surface area contributed by atoms with Gasteiger partial charge in [-0.25, -0.2) is 9.38 Å². The molecule has 0 spiro atoms. The van der Waals surface area contributed by atoms with E-state index >= 15 is 0 Å². The number of fused-ring (bicyclic) bond motifs is 2. The third kappa shape index (κ3) is 3.57. The lowest BCUT2D eigenvalue weighted by Crippen LogP contribution is -2.32. The van der Waals surface area contributed by atoms with Crippen LogP contribution in [0.15, 0.2) is 46.0 Å². The zero-order chi connectivity index (χ0) is 24.3. The Bertz CT molecular complexity index is 1800. The van der Waals surface area contributed by atoms with Crippen LogP contribution in [0.1, 0.15) is 33.6 Å². The second-order valence-electron chi connectivity index (χ2n) is 8.45. The van der Waals surface area contributed by atoms with E-state index < -0.39 is 0 Å². The van der Waals surface area contributed by atoms with Gasteiger partial charge >= 0.3 is 0 Å². The van der Waals surface area contributed by atoms with Crippen LogP contribution in [-0.2, 0) is 6.54 Å². The number of hydrogen-bond acceptors (Lipinski definition) is 4. The van der Waals surface area contributed by atoms with Gasteiger partial charge in [0, 0.05) is 44.5 Å². The Kier molecular flexibility index (Phi) is 5.63. The molecule has 0 fully saturated rings. The molecular weight excluding hydrogens is 489 g/mol. The summed E-state index contributed by atoms with van der Waals surface area (Å²) in [5, 5.41) is 2.23. The molecule has 5 rings (SSSR count). The van der Waals surface area contributed by atoms with E-state index in [9.17, 15) is 9.59 Å². The van der Waals surface area contributed by atoms with Crippen molar-refractivity contribution in [1.29, 1.82) is 0 Å². The zero-order valence-corrected chi connectivity index (χ0v) is 21.4. The number of benzene rings is 2. The summed E-state index contributed by atoms with van der Waals surface area (Å²) < 4.78 is 3.86. The molecule has 0 amide bonds. The number of hydrogen-bond donors (Lipinski definition) is 0. The maximum atomic E-state index is 13.2. The Hall–Kier alpha value is -2.93. The van der Waals surface area contributed by atoms with Gasteiger partial charge in [-0.05, 0) is 57.0 Å². The number of thiazole rings is 1. The summed E-state index contributed by atoms with van der Waals surface area (Å²) in [7, 11) is 0. The first kappa shape index (κ1) is 22.8. The monoisotopic (exact) mass is 509 g/mol. The molecule has 0 radical (unpaired) electrons. The molecule has 0 N–H and O–H groups in total. The maximum absolute atomic E-state index is 13.2. The summed E-state index contributed by atoms with van der Waals surface area (Å²) in [6.45, 7) is 8.14. The number of rotatable bonds is 3. The first-order valence-electron chi connectivity index (χ1n) is 10.7. The summed E-state index contributed by atoms with van der Waals surface area (Å²) in [5.41, 5.74) is 5.57. The predicted octanol–water partition coefficient (Wildman–Crippen LogP) is 5.21. The van der Waals surface area contributed by atoms with Gasteiger partial charge in [0.05, 0.1) is 10.0 Å². The third-order valence-electron chi connectivity index (χ3n) is 6.35. The summed E-state index contributed by atoms with van der Waals surface area (Å²) in [5.74, 6) is 0. The summed E-state index contributed by atoms with van der Waals surface area (Å²) >= 11 is 13.8.